The Kier molecular flexibility index (Phi) is 6.75. The molecule has 27 heavy (non-hydrogen) atoms. The predicted molar refractivity (Wildman–Crippen MR) is 103 cm³/mol. The number of nitrogens with one attached hydrogen (secondary N) is 2. The Morgan fingerprint density at radius 2 is 1.85 bits per heavy atom. The number of halogens is 1. The molecule has 0 spiro atoms. The molecule has 1 aliphatic rings. The molecule has 1 fully saturated rings. The molecule has 0 radical (unpaired) electrons. The smallest absolute Gasteiger partial charge is 0.269 e. The second-order valence-corrected chi connectivity index (χ2v) is 6.54. The van der Waals surface area contributed by atoms with Crippen molar-refractivity contribution in [2.75, 3.05) is 44.7 Å². The molecule has 8 heteroatoms. The molecule has 0 bridgehead atoms. The third kappa shape index (κ3) is 5.75. The molecule has 3 rings (SSSR count). The quantitative estimate of drug-likeness (QED) is 0.791. The van der Waals surface area contributed by atoms with Crippen LogP contribution in [-0.2, 0) is 4.74 Å². The van der Waals surface area contributed by atoms with Crippen LogP contribution in [0.4, 0.5) is 5.69 Å². The maximum Gasteiger partial charge on any atom is 0.269 e. The Balaban J connectivity index is 1.54. The van der Waals surface area contributed by atoms with Gasteiger partial charge in [-0.3, -0.25) is 19.5 Å². The Hall–Kier alpha value is -2.48. The maximum atomic E-state index is 12.4. The normalized spacial score (nSPS) is 14.6. The Morgan fingerprint density at radius 3 is 2.59 bits per heavy atom. The van der Waals surface area contributed by atoms with Crippen LogP contribution in [0.25, 0.3) is 0 Å². The number of nitrogens with zero attached hydrogens (tertiary/aromatic N) is 2. The van der Waals surface area contributed by atoms with E-state index < -0.39 is 0 Å². The summed E-state index contributed by atoms with van der Waals surface area (Å²) in [5, 5.41) is 6.19. The molecule has 2 aromatic rings. The minimum Gasteiger partial charge on any atom is -0.379 e. The van der Waals surface area contributed by atoms with Crippen LogP contribution in [0.5, 0.6) is 0 Å². The van der Waals surface area contributed by atoms with Crippen molar-refractivity contribution in [2.45, 2.75) is 0 Å². The highest BCUT2D eigenvalue weighted by molar-refractivity contribution is 6.30. The van der Waals surface area contributed by atoms with Gasteiger partial charge in [0.1, 0.15) is 5.69 Å². The van der Waals surface area contributed by atoms with Crippen molar-refractivity contribution in [3.05, 3.63) is 58.9 Å². The van der Waals surface area contributed by atoms with Crippen molar-refractivity contribution in [3.63, 3.8) is 0 Å². The number of hydrogen-bond acceptors (Lipinski definition) is 5. The van der Waals surface area contributed by atoms with Crippen molar-refractivity contribution in [1.82, 2.24) is 15.2 Å². The van der Waals surface area contributed by atoms with E-state index in [-0.39, 0.29) is 17.5 Å². The topological polar surface area (TPSA) is 83.6 Å². The molecule has 0 aliphatic carbocycles. The summed E-state index contributed by atoms with van der Waals surface area (Å²) < 4.78 is 5.30. The van der Waals surface area contributed by atoms with E-state index in [4.69, 9.17) is 16.3 Å². The number of benzene rings is 1. The molecule has 0 saturated carbocycles. The zero-order chi connectivity index (χ0) is 19.1. The van der Waals surface area contributed by atoms with Crippen LogP contribution in [0.3, 0.4) is 0 Å². The van der Waals surface area contributed by atoms with Crippen LogP contribution < -0.4 is 10.6 Å². The van der Waals surface area contributed by atoms with Crippen molar-refractivity contribution in [1.29, 1.82) is 0 Å². The van der Waals surface area contributed by atoms with Crippen molar-refractivity contribution < 1.29 is 14.3 Å². The van der Waals surface area contributed by atoms with Crippen LogP contribution in [0.1, 0.15) is 20.8 Å². The second-order valence-electron chi connectivity index (χ2n) is 6.10. The highest BCUT2D eigenvalue weighted by Crippen LogP contribution is 2.14. The number of morpholine rings is 1. The van der Waals surface area contributed by atoms with Crippen LogP contribution >= 0.6 is 11.6 Å². The largest absolute Gasteiger partial charge is 0.379 e. The zero-order valence-corrected chi connectivity index (χ0v) is 15.5. The molecular formula is C19H21ClN4O3. The number of amides is 2. The van der Waals surface area contributed by atoms with Gasteiger partial charge in [0.05, 0.1) is 13.2 Å². The lowest BCUT2D eigenvalue weighted by molar-refractivity contribution is 0.0383. The second kappa shape index (κ2) is 9.45. The first-order valence-corrected chi connectivity index (χ1v) is 9.11. The molecule has 0 atom stereocenters. The van der Waals surface area contributed by atoms with E-state index in [1.54, 1.807) is 30.3 Å². The fourth-order valence-corrected chi connectivity index (χ4v) is 2.80. The first-order chi connectivity index (χ1) is 13.1. The fraction of sp³-hybridized carbons (Fsp3) is 0.316. The number of carbonyl (C=O) groups is 2. The lowest BCUT2D eigenvalue weighted by Crippen LogP contribution is -2.41. The van der Waals surface area contributed by atoms with E-state index in [0.29, 0.717) is 22.8 Å². The van der Waals surface area contributed by atoms with Crippen LogP contribution in [-0.4, -0.2) is 61.1 Å². The van der Waals surface area contributed by atoms with Gasteiger partial charge >= 0.3 is 0 Å². The minimum absolute atomic E-state index is 0.209. The van der Waals surface area contributed by atoms with E-state index in [1.165, 1.54) is 12.3 Å². The number of aromatic nitrogens is 1. The van der Waals surface area contributed by atoms with Gasteiger partial charge in [-0.25, -0.2) is 0 Å². The van der Waals surface area contributed by atoms with Crippen LogP contribution in [0.15, 0.2) is 42.6 Å². The molecule has 0 unspecified atom stereocenters. The first kappa shape index (κ1) is 19.3. The van der Waals surface area contributed by atoms with E-state index in [1.807, 2.05) is 0 Å². The first-order valence-electron chi connectivity index (χ1n) is 8.73. The third-order valence-electron chi connectivity index (χ3n) is 4.17. The highest BCUT2D eigenvalue weighted by Gasteiger charge is 2.14. The van der Waals surface area contributed by atoms with Gasteiger partial charge in [-0.2, -0.15) is 0 Å². The lowest BCUT2D eigenvalue weighted by atomic mass is 10.2. The summed E-state index contributed by atoms with van der Waals surface area (Å²) in [6.45, 7) is 4.46. The molecule has 2 heterocycles. The van der Waals surface area contributed by atoms with Gasteiger partial charge < -0.3 is 15.4 Å². The predicted octanol–water partition coefficient (Wildman–Crippen LogP) is 2.05. The molecule has 1 aliphatic heterocycles. The Bertz CT molecular complexity index is 792. The molecule has 7 nitrogen and oxygen atoms in total. The van der Waals surface area contributed by atoms with E-state index in [0.717, 1.165) is 32.8 Å². The van der Waals surface area contributed by atoms with Crippen LogP contribution in [0.2, 0.25) is 5.02 Å². The monoisotopic (exact) mass is 388 g/mol. The summed E-state index contributed by atoms with van der Waals surface area (Å²) in [6, 6.07) is 9.85. The van der Waals surface area contributed by atoms with Crippen molar-refractivity contribution in [2.24, 2.45) is 0 Å². The van der Waals surface area contributed by atoms with Crippen molar-refractivity contribution >= 4 is 29.1 Å². The van der Waals surface area contributed by atoms with Gasteiger partial charge in [0, 0.05) is 48.6 Å². The van der Waals surface area contributed by atoms with Gasteiger partial charge in [-0.15, -0.1) is 0 Å². The van der Waals surface area contributed by atoms with E-state index in [2.05, 4.69) is 20.5 Å². The summed E-state index contributed by atoms with van der Waals surface area (Å²) in [4.78, 5) is 31.0. The van der Waals surface area contributed by atoms with Gasteiger partial charge in [-0.1, -0.05) is 11.6 Å². The van der Waals surface area contributed by atoms with E-state index in [9.17, 15) is 9.59 Å². The molecule has 2 amide bonds. The molecule has 1 saturated heterocycles. The van der Waals surface area contributed by atoms with Crippen molar-refractivity contribution in [3.8, 4) is 0 Å². The lowest BCUT2D eigenvalue weighted by Gasteiger charge is -2.26. The molecule has 1 aromatic carbocycles. The summed E-state index contributed by atoms with van der Waals surface area (Å²) in [7, 11) is 0. The standard InChI is InChI=1S/C19H21ClN4O3/c20-15-1-3-16(4-2-15)23-18(25)14-5-6-21-17(13-14)19(26)22-7-8-24-9-11-27-12-10-24/h1-6,13H,7-12H2,(H,22,26)(H,23,25). The average Bonchev–Trinajstić information content (AvgIpc) is 2.70. The summed E-state index contributed by atoms with van der Waals surface area (Å²) in [5.74, 6) is -0.619. The Labute approximate surface area is 162 Å². The highest BCUT2D eigenvalue weighted by atomic mass is 35.5. The number of anilines is 1. The summed E-state index contributed by atoms with van der Waals surface area (Å²) in [5.41, 5.74) is 1.19. The number of rotatable bonds is 6. The van der Waals surface area contributed by atoms with Crippen LogP contribution in [0, 0.1) is 0 Å². The number of ether oxygens (including phenoxy) is 1. The molecule has 142 valence electrons. The molecular weight excluding hydrogens is 368 g/mol. The number of pyridine rings is 1. The molecule has 1 aromatic heterocycles. The van der Waals surface area contributed by atoms with Gasteiger partial charge in [0.15, 0.2) is 0 Å². The zero-order valence-electron chi connectivity index (χ0n) is 14.8. The number of hydrogen-bond donors (Lipinski definition) is 2. The maximum absolute atomic E-state index is 12.4. The number of carbonyl (C=O) groups excluding carboxylic acids is 2. The summed E-state index contributed by atoms with van der Waals surface area (Å²) >= 11 is 5.84. The van der Waals surface area contributed by atoms with Gasteiger partial charge in [0.25, 0.3) is 11.8 Å². The summed E-state index contributed by atoms with van der Waals surface area (Å²) in [6.07, 6.45) is 1.45. The van der Waals surface area contributed by atoms with Gasteiger partial charge in [-0.05, 0) is 36.4 Å². The average molecular weight is 389 g/mol. The fourth-order valence-electron chi connectivity index (χ4n) is 2.68. The SMILES string of the molecule is O=C(Nc1ccc(Cl)cc1)c1ccnc(C(=O)NCCN2CCOCC2)c1. The third-order valence-corrected chi connectivity index (χ3v) is 4.43. The Morgan fingerprint density at radius 1 is 1.11 bits per heavy atom. The minimum atomic E-state index is -0.318. The van der Waals surface area contributed by atoms with Gasteiger partial charge in [0.2, 0.25) is 0 Å². The van der Waals surface area contributed by atoms with E-state index >= 15 is 0 Å². The molecule has 2 N–H and O–H groups in total.